The van der Waals surface area contributed by atoms with Crippen LogP contribution in [0, 0.1) is 23.5 Å². The summed E-state index contributed by atoms with van der Waals surface area (Å²) in [4.78, 5) is 0. The molecular weight excluding hydrogens is 376 g/mol. The lowest BCUT2D eigenvalue weighted by molar-refractivity contribution is 0.223. The summed E-state index contributed by atoms with van der Waals surface area (Å²) in [6.45, 7) is 12.4. The maximum atomic E-state index is 14.2. The van der Waals surface area contributed by atoms with E-state index in [4.69, 9.17) is 14.6 Å². The highest BCUT2D eigenvalue weighted by Gasteiger charge is 2.20. The van der Waals surface area contributed by atoms with Crippen LogP contribution in [-0.4, -0.2) is 18.3 Å². The molecule has 2 atom stereocenters. The number of benzene rings is 1. The molecule has 0 spiro atoms. The molecule has 156 valence electrons. The maximum absolute atomic E-state index is 14.2. The van der Waals surface area contributed by atoms with E-state index in [1.165, 1.54) is 0 Å². The lowest BCUT2D eigenvalue weighted by atomic mass is 9.92. The standard InChI is InChI=1S/C21H26F4O3/c1-6-27-15(5)19(23)18(22)14(4)13(3)8-7-12(2)11-28-17-10-9-16(26)20(24)21(17)25/h9-10,12-13,26H,4-8,11H2,1-3H3/b19-18-. The summed E-state index contributed by atoms with van der Waals surface area (Å²) in [5.74, 6) is -6.77. The van der Waals surface area contributed by atoms with Crippen molar-refractivity contribution in [3.63, 3.8) is 0 Å². The molecule has 0 saturated carbocycles. The summed E-state index contributed by atoms with van der Waals surface area (Å²) in [7, 11) is 0. The van der Waals surface area contributed by atoms with Crippen molar-refractivity contribution in [1.82, 2.24) is 0 Å². The molecule has 1 aromatic carbocycles. The van der Waals surface area contributed by atoms with E-state index in [1.54, 1.807) is 13.8 Å². The Morgan fingerprint density at radius 3 is 2.32 bits per heavy atom. The zero-order valence-corrected chi connectivity index (χ0v) is 16.3. The van der Waals surface area contributed by atoms with Gasteiger partial charge in [0.2, 0.25) is 11.6 Å². The average molecular weight is 402 g/mol. The second-order valence-corrected chi connectivity index (χ2v) is 6.61. The number of hydrogen-bond acceptors (Lipinski definition) is 3. The number of aromatic hydroxyl groups is 1. The van der Waals surface area contributed by atoms with Crippen molar-refractivity contribution >= 4 is 0 Å². The van der Waals surface area contributed by atoms with Gasteiger partial charge in [0.05, 0.1) is 13.2 Å². The number of ether oxygens (including phenoxy) is 2. The minimum absolute atomic E-state index is 0.00174. The van der Waals surface area contributed by atoms with E-state index in [0.717, 1.165) is 12.1 Å². The van der Waals surface area contributed by atoms with Crippen LogP contribution in [-0.2, 0) is 4.74 Å². The zero-order chi connectivity index (χ0) is 21.4. The van der Waals surface area contributed by atoms with Crippen molar-refractivity contribution in [2.24, 2.45) is 11.8 Å². The van der Waals surface area contributed by atoms with E-state index in [1.807, 2.05) is 6.92 Å². The fourth-order valence-corrected chi connectivity index (χ4v) is 2.37. The number of allylic oxidation sites excluding steroid dienone is 3. The van der Waals surface area contributed by atoms with Crippen LogP contribution in [0.2, 0.25) is 0 Å². The molecular formula is C21H26F4O3. The highest BCUT2D eigenvalue weighted by atomic mass is 19.2. The Hall–Kier alpha value is -2.44. The number of phenolic OH excluding ortho intramolecular Hbond substituents is 1. The minimum atomic E-state index is -1.37. The van der Waals surface area contributed by atoms with Gasteiger partial charge >= 0.3 is 0 Å². The summed E-state index contributed by atoms with van der Waals surface area (Å²) in [6.07, 6.45) is 1.04. The third kappa shape index (κ3) is 6.32. The van der Waals surface area contributed by atoms with Crippen LogP contribution in [0.15, 0.2) is 48.3 Å². The van der Waals surface area contributed by atoms with E-state index in [-0.39, 0.29) is 42.1 Å². The van der Waals surface area contributed by atoms with E-state index in [0.29, 0.717) is 12.8 Å². The SMILES string of the molecule is C=C(OCC)/C(F)=C(/F)C(=C)C(C)CCC(C)COc1ccc(O)c(F)c1F. The van der Waals surface area contributed by atoms with Crippen LogP contribution in [0.3, 0.4) is 0 Å². The number of phenols is 1. The Morgan fingerprint density at radius 1 is 1.07 bits per heavy atom. The summed E-state index contributed by atoms with van der Waals surface area (Å²) >= 11 is 0. The van der Waals surface area contributed by atoms with Gasteiger partial charge in [0.25, 0.3) is 0 Å². The molecule has 0 saturated heterocycles. The topological polar surface area (TPSA) is 38.7 Å². The van der Waals surface area contributed by atoms with Crippen LogP contribution >= 0.6 is 0 Å². The van der Waals surface area contributed by atoms with E-state index >= 15 is 0 Å². The summed E-state index contributed by atoms with van der Waals surface area (Å²) in [6, 6.07) is 2.14. The molecule has 0 fully saturated rings. The maximum Gasteiger partial charge on any atom is 0.204 e. The van der Waals surface area contributed by atoms with Crippen LogP contribution < -0.4 is 4.74 Å². The van der Waals surface area contributed by atoms with Crippen molar-refractivity contribution in [3.05, 3.63) is 59.9 Å². The molecule has 3 nitrogen and oxygen atoms in total. The van der Waals surface area contributed by atoms with Crippen LogP contribution in [0.1, 0.15) is 33.6 Å². The molecule has 0 amide bonds. The van der Waals surface area contributed by atoms with Gasteiger partial charge in [-0.2, -0.15) is 13.2 Å². The van der Waals surface area contributed by atoms with Gasteiger partial charge in [0.1, 0.15) is 0 Å². The second-order valence-electron chi connectivity index (χ2n) is 6.61. The van der Waals surface area contributed by atoms with Gasteiger partial charge in [-0.1, -0.05) is 27.0 Å². The summed E-state index contributed by atoms with van der Waals surface area (Å²) in [5, 5.41) is 9.09. The Kier molecular flexibility index (Phi) is 9.09. The van der Waals surface area contributed by atoms with Crippen molar-refractivity contribution < 1.29 is 32.1 Å². The lowest BCUT2D eigenvalue weighted by Gasteiger charge is -2.18. The normalized spacial score (nSPS) is 14.1. The fraction of sp³-hybridized carbons (Fsp3) is 0.429. The molecule has 0 aromatic heterocycles. The molecule has 1 rings (SSSR count). The minimum Gasteiger partial charge on any atom is -0.505 e. The van der Waals surface area contributed by atoms with Crippen LogP contribution in [0.25, 0.3) is 0 Å². The van der Waals surface area contributed by atoms with Gasteiger partial charge < -0.3 is 14.6 Å². The van der Waals surface area contributed by atoms with Crippen molar-refractivity contribution in [2.45, 2.75) is 33.6 Å². The number of halogens is 4. The first-order valence-electron chi connectivity index (χ1n) is 8.96. The largest absolute Gasteiger partial charge is 0.505 e. The molecule has 2 unspecified atom stereocenters. The van der Waals surface area contributed by atoms with Gasteiger partial charge in [0, 0.05) is 0 Å². The second kappa shape index (κ2) is 10.8. The lowest BCUT2D eigenvalue weighted by Crippen LogP contribution is -2.12. The first-order chi connectivity index (χ1) is 13.1. The van der Waals surface area contributed by atoms with Gasteiger partial charge in [-0.15, -0.1) is 0 Å². The molecule has 0 bridgehead atoms. The van der Waals surface area contributed by atoms with Crippen LogP contribution in [0.5, 0.6) is 11.5 Å². The number of hydrogen-bond donors (Lipinski definition) is 1. The van der Waals surface area contributed by atoms with Gasteiger partial charge in [-0.05, 0) is 49.3 Å². The Balaban J connectivity index is 2.57. The Bertz CT molecular complexity index is 743. The first kappa shape index (κ1) is 23.6. The molecule has 7 heteroatoms. The summed E-state index contributed by atoms with van der Waals surface area (Å²) < 4.78 is 65.1. The molecule has 28 heavy (non-hydrogen) atoms. The van der Waals surface area contributed by atoms with Gasteiger partial charge in [-0.25, -0.2) is 4.39 Å². The Morgan fingerprint density at radius 2 is 1.71 bits per heavy atom. The van der Waals surface area contributed by atoms with Crippen LogP contribution in [0.4, 0.5) is 17.6 Å². The van der Waals surface area contributed by atoms with Crippen molar-refractivity contribution in [3.8, 4) is 11.5 Å². The van der Waals surface area contributed by atoms with E-state index < -0.39 is 29.0 Å². The highest BCUT2D eigenvalue weighted by Crippen LogP contribution is 2.31. The van der Waals surface area contributed by atoms with Crippen molar-refractivity contribution in [1.29, 1.82) is 0 Å². The average Bonchev–Trinajstić information content (AvgIpc) is 2.68. The molecule has 0 heterocycles. The van der Waals surface area contributed by atoms with Crippen molar-refractivity contribution in [2.75, 3.05) is 13.2 Å². The monoisotopic (exact) mass is 402 g/mol. The molecule has 0 aliphatic carbocycles. The summed E-state index contributed by atoms with van der Waals surface area (Å²) in [5.41, 5.74) is -0.00174. The number of rotatable bonds is 11. The predicted molar refractivity (Wildman–Crippen MR) is 100 cm³/mol. The Labute approximate surface area is 163 Å². The molecule has 0 radical (unpaired) electrons. The third-order valence-electron chi connectivity index (χ3n) is 4.28. The quantitative estimate of drug-likeness (QED) is 0.266. The fourth-order valence-electron chi connectivity index (χ4n) is 2.37. The smallest absolute Gasteiger partial charge is 0.204 e. The molecule has 0 aliphatic rings. The molecule has 1 aromatic rings. The third-order valence-corrected chi connectivity index (χ3v) is 4.28. The van der Waals surface area contributed by atoms with Gasteiger partial charge in [-0.3, -0.25) is 0 Å². The van der Waals surface area contributed by atoms with E-state index in [2.05, 4.69) is 13.2 Å². The molecule has 0 aliphatic heterocycles. The predicted octanol–water partition coefficient (Wildman–Crippen LogP) is 6.36. The first-order valence-corrected chi connectivity index (χ1v) is 8.96. The van der Waals surface area contributed by atoms with Gasteiger partial charge in [0.15, 0.2) is 28.9 Å². The molecule has 1 N–H and O–H groups in total. The highest BCUT2D eigenvalue weighted by molar-refractivity contribution is 5.34. The van der Waals surface area contributed by atoms with E-state index in [9.17, 15) is 17.6 Å². The zero-order valence-electron chi connectivity index (χ0n) is 16.3.